The van der Waals surface area contributed by atoms with Crippen molar-refractivity contribution in [2.45, 2.75) is 44.9 Å². The number of sulfonamides is 2. The Labute approximate surface area is 196 Å². The summed E-state index contributed by atoms with van der Waals surface area (Å²) in [4.78, 5) is 13.0. The molecule has 0 unspecified atom stereocenters. The number of hydrogen-bond acceptors (Lipinski definition) is 5. The first-order chi connectivity index (χ1) is 15.5. The molecule has 1 aliphatic rings. The highest BCUT2D eigenvalue weighted by Crippen LogP contribution is 2.26. The van der Waals surface area contributed by atoms with Crippen molar-refractivity contribution in [3.63, 3.8) is 0 Å². The lowest BCUT2D eigenvalue weighted by Crippen LogP contribution is -2.41. The second-order valence-corrected chi connectivity index (χ2v) is 12.2. The minimum Gasteiger partial charge on any atom is -0.326 e. The normalized spacial score (nSPS) is 15.8. The van der Waals surface area contributed by atoms with E-state index in [1.54, 1.807) is 43.3 Å². The number of carbonyl (C=O) groups excluding carboxylic acids is 1. The number of aryl methyl sites for hydroxylation is 2. The van der Waals surface area contributed by atoms with E-state index >= 15 is 0 Å². The van der Waals surface area contributed by atoms with Crippen LogP contribution in [0.3, 0.4) is 0 Å². The van der Waals surface area contributed by atoms with Crippen molar-refractivity contribution in [1.29, 1.82) is 0 Å². The molecule has 0 radical (unpaired) electrons. The number of amides is 1. The van der Waals surface area contributed by atoms with Crippen molar-refractivity contribution in [2.24, 2.45) is 5.92 Å². The number of nitrogens with one attached hydrogen (secondary N) is 2. The topological polar surface area (TPSA) is 113 Å². The van der Waals surface area contributed by atoms with Gasteiger partial charge in [-0.2, -0.15) is 4.31 Å². The number of hydrogen-bond donors (Lipinski definition) is 2. The van der Waals surface area contributed by atoms with Gasteiger partial charge in [-0.15, -0.1) is 0 Å². The summed E-state index contributed by atoms with van der Waals surface area (Å²) in [6.45, 7) is 6.18. The first-order valence-corrected chi connectivity index (χ1v) is 14.1. The van der Waals surface area contributed by atoms with Gasteiger partial charge in [0.2, 0.25) is 26.0 Å². The van der Waals surface area contributed by atoms with Gasteiger partial charge >= 0.3 is 0 Å². The van der Waals surface area contributed by atoms with Crippen molar-refractivity contribution in [3.8, 4) is 0 Å². The zero-order chi connectivity index (χ0) is 24.2. The van der Waals surface area contributed by atoms with Crippen LogP contribution in [0, 0.1) is 19.8 Å². The van der Waals surface area contributed by atoms with Gasteiger partial charge in [-0.05, 0) is 80.6 Å². The van der Waals surface area contributed by atoms with Crippen LogP contribution >= 0.6 is 0 Å². The zero-order valence-electron chi connectivity index (χ0n) is 19.2. The third kappa shape index (κ3) is 6.33. The highest BCUT2D eigenvalue weighted by atomic mass is 32.2. The quantitative estimate of drug-likeness (QED) is 0.584. The van der Waals surface area contributed by atoms with Gasteiger partial charge in [0.1, 0.15) is 0 Å². The first kappa shape index (κ1) is 25.2. The minimum absolute atomic E-state index is 0.0451. The van der Waals surface area contributed by atoms with Crippen molar-refractivity contribution in [2.75, 3.05) is 28.9 Å². The number of carbonyl (C=O) groups is 1. The zero-order valence-corrected chi connectivity index (χ0v) is 20.8. The lowest BCUT2D eigenvalue weighted by atomic mass is 9.97. The van der Waals surface area contributed by atoms with E-state index in [-0.39, 0.29) is 35.6 Å². The van der Waals surface area contributed by atoms with Crippen molar-refractivity contribution in [1.82, 2.24) is 4.31 Å². The van der Waals surface area contributed by atoms with E-state index in [9.17, 15) is 21.6 Å². The monoisotopic (exact) mass is 493 g/mol. The third-order valence-corrected chi connectivity index (χ3v) is 9.23. The molecule has 1 saturated heterocycles. The van der Waals surface area contributed by atoms with E-state index in [2.05, 4.69) is 10.0 Å². The van der Waals surface area contributed by atoms with Crippen LogP contribution in [0.25, 0.3) is 0 Å². The summed E-state index contributed by atoms with van der Waals surface area (Å²) in [5.41, 5.74) is 2.96. The van der Waals surface area contributed by atoms with Crippen LogP contribution in [-0.4, -0.2) is 45.9 Å². The highest BCUT2D eigenvalue weighted by Gasteiger charge is 2.32. The van der Waals surface area contributed by atoms with Crippen LogP contribution < -0.4 is 10.0 Å². The molecule has 2 aromatic rings. The van der Waals surface area contributed by atoms with E-state index in [1.807, 2.05) is 19.9 Å². The molecule has 0 aromatic heterocycles. The van der Waals surface area contributed by atoms with Gasteiger partial charge in [-0.25, -0.2) is 16.8 Å². The predicted molar refractivity (Wildman–Crippen MR) is 130 cm³/mol. The Hall–Kier alpha value is -2.43. The maximum Gasteiger partial charge on any atom is 0.243 e. The summed E-state index contributed by atoms with van der Waals surface area (Å²) in [6, 6.07) is 11.6. The smallest absolute Gasteiger partial charge is 0.243 e. The first-order valence-electron chi connectivity index (χ1n) is 11.0. The van der Waals surface area contributed by atoms with E-state index in [0.29, 0.717) is 30.6 Å². The summed E-state index contributed by atoms with van der Waals surface area (Å²) in [5, 5.41) is 2.84. The lowest BCUT2D eigenvalue weighted by molar-refractivity contribution is -0.120. The van der Waals surface area contributed by atoms with Crippen LogP contribution in [0.4, 0.5) is 11.4 Å². The van der Waals surface area contributed by atoms with Gasteiger partial charge in [0.05, 0.1) is 10.6 Å². The molecule has 1 aliphatic heterocycles. The molecule has 2 aromatic carbocycles. The fourth-order valence-corrected chi connectivity index (χ4v) is 6.44. The van der Waals surface area contributed by atoms with Crippen LogP contribution in [0.2, 0.25) is 0 Å². The minimum atomic E-state index is -3.59. The molecule has 2 N–H and O–H groups in total. The Bertz CT molecular complexity index is 1200. The molecule has 1 heterocycles. The molecule has 180 valence electrons. The van der Waals surface area contributed by atoms with Gasteiger partial charge in [0.25, 0.3) is 0 Å². The number of rotatable bonds is 8. The molecular weight excluding hydrogens is 462 g/mol. The molecule has 0 aliphatic carbocycles. The Balaban J connectivity index is 1.56. The molecule has 0 bridgehead atoms. The predicted octanol–water partition coefficient (Wildman–Crippen LogP) is 3.49. The van der Waals surface area contributed by atoms with Gasteiger partial charge < -0.3 is 5.32 Å². The molecule has 0 saturated carbocycles. The molecule has 33 heavy (non-hydrogen) atoms. The standard InChI is InChI=1S/C23H31N3O5S2/c1-4-15-32(28,29)25-21-8-6-20(7-9-21)24-23(27)19-11-13-26(14-12-19)33(30,31)22-10-5-17(2)18(3)16-22/h5-10,16,19,25H,4,11-15H2,1-3H3,(H,24,27). The fourth-order valence-electron chi connectivity index (χ4n) is 3.75. The average molecular weight is 494 g/mol. The number of anilines is 2. The van der Waals surface area contributed by atoms with Crippen molar-refractivity contribution < 1.29 is 21.6 Å². The molecule has 0 spiro atoms. The second-order valence-electron chi connectivity index (χ2n) is 8.41. The van der Waals surface area contributed by atoms with E-state index < -0.39 is 20.0 Å². The molecule has 1 amide bonds. The van der Waals surface area contributed by atoms with Crippen molar-refractivity contribution in [3.05, 3.63) is 53.6 Å². The summed E-state index contributed by atoms with van der Waals surface area (Å²) in [5.74, 6) is -0.417. The van der Waals surface area contributed by atoms with Crippen LogP contribution in [0.1, 0.15) is 37.3 Å². The Morgan fingerprint density at radius 3 is 2.12 bits per heavy atom. The largest absolute Gasteiger partial charge is 0.326 e. The van der Waals surface area contributed by atoms with Gasteiger partial charge in [0.15, 0.2) is 0 Å². The van der Waals surface area contributed by atoms with E-state index in [4.69, 9.17) is 0 Å². The van der Waals surface area contributed by atoms with E-state index in [1.165, 1.54) is 4.31 Å². The summed E-state index contributed by atoms with van der Waals surface area (Å²) < 4.78 is 53.6. The number of nitrogens with zero attached hydrogens (tertiary/aromatic N) is 1. The average Bonchev–Trinajstić information content (AvgIpc) is 2.76. The van der Waals surface area contributed by atoms with E-state index in [0.717, 1.165) is 11.1 Å². The lowest BCUT2D eigenvalue weighted by Gasteiger charge is -2.30. The molecule has 0 atom stereocenters. The summed E-state index contributed by atoms with van der Waals surface area (Å²) in [7, 11) is -6.96. The third-order valence-electron chi connectivity index (χ3n) is 5.84. The Kier molecular flexibility index (Phi) is 7.81. The molecule has 8 nitrogen and oxygen atoms in total. The number of benzene rings is 2. The number of piperidine rings is 1. The highest BCUT2D eigenvalue weighted by molar-refractivity contribution is 7.92. The maximum atomic E-state index is 13.0. The molecule has 10 heteroatoms. The SMILES string of the molecule is CCCS(=O)(=O)Nc1ccc(NC(=O)C2CCN(S(=O)(=O)c3ccc(C)c(C)c3)CC2)cc1. The molecule has 1 fully saturated rings. The summed E-state index contributed by atoms with van der Waals surface area (Å²) in [6.07, 6.45) is 1.39. The van der Waals surface area contributed by atoms with Gasteiger partial charge in [-0.3, -0.25) is 9.52 Å². The Morgan fingerprint density at radius 1 is 0.939 bits per heavy atom. The van der Waals surface area contributed by atoms with Crippen molar-refractivity contribution >= 4 is 37.3 Å². The van der Waals surface area contributed by atoms with Crippen LogP contribution in [-0.2, 0) is 24.8 Å². The fraction of sp³-hybridized carbons (Fsp3) is 0.435. The maximum absolute atomic E-state index is 13.0. The molecular formula is C23H31N3O5S2. The van der Waals surface area contributed by atoms with Crippen LogP contribution in [0.5, 0.6) is 0 Å². The Morgan fingerprint density at radius 2 is 1.55 bits per heavy atom. The van der Waals surface area contributed by atoms with Gasteiger partial charge in [-0.1, -0.05) is 13.0 Å². The summed E-state index contributed by atoms with van der Waals surface area (Å²) >= 11 is 0. The van der Waals surface area contributed by atoms with Gasteiger partial charge in [0, 0.05) is 30.4 Å². The van der Waals surface area contributed by atoms with Crippen LogP contribution in [0.15, 0.2) is 47.4 Å². The molecule has 3 rings (SSSR count). The second kappa shape index (κ2) is 10.2.